The molecule has 5 nitrogen and oxygen atoms in total. The number of carbonyl (C=O) groups excluding carboxylic acids is 1. The zero-order valence-electron chi connectivity index (χ0n) is 14.0. The van der Waals surface area contributed by atoms with E-state index in [2.05, 4.69) is 22.3 Å². The predicted molar refractivity (Wildman–Crippen MR) is 99.2 cm³/mol. The maximum atomic E-state index is 11.9. The third kappa shape index (κ3) is 4.09. The van der Waals surface area contributed by atoms with Crippen LogP contribution in [0.25, 0.3) is 0 Å². The summed E-state index contributed by atoms with van der Waals surface area (Å²) < 4.78 is 2.04. The summed E-state index contributed by atoms with van der Waals surface area (Å²) in [7, 11) is 0. The van der Waals surface area contributed by atoms with Gasteiger partial charge < -0.3 is 10.3 Å². The molecule has 0 aliphatic rings. The van der Waals surface area contributed by atoms with E-state index >= 15 is 0 Å². The van der Waals surface area contributed by atoms with Crippen LogP contribution in [0.4, 0.5) is 0 Å². The molecule has 0 fully saturated rings. The second kappa shape index (κ2) is 7.98. The number of hydrogen-bond acceptors (Lipinski definition) is 4. The topological polar surface area (TPSA) is 73.8 Å². The fourth-order valence-corrected chi connectivity index (χ4v) is 3.73. The molecule has 1 heterocycles. The molecule has 1 aromatic heterocycles. The molecule has 128 valence electrons. The maximum absolute atomic E-state index is 11.9. The van der Waals surface area contributed by atoms with Crippen molar-refractivity contribution in [3.8, 4) is 0 Å². The summed E-state index contributed by atoms with van der Waals surface area (Å²) in [6.45, 7) is 2.78. The van der Waals surface area contributed by atoms with Crippen molar-refractivity contribution in [1.82, 2.24) is 14.8 Å². The number of hydrogen-bond donors (Lipinski definition) is 1. The molecule has 0 radical (unpaired) electrons. The Hall–Kier alpha value is -2.60. The van der Waals surface area contributed by atoms with E-state index in [0.29, 0.717) is 11.6 Å². The number of nitrogens with zero attached hydrogens (tertiary/aromatic N) is 3. The van der Waals surface area contributed by atoms with Gasteiger partial charge in [-0.1, -0.05) is 72.4 Å². The smallest absolute Gasteiger partial charge is 0.235 e. The van der Waals surface area contributed by atoms with Gasteiger partial charge in [0.25, 0.3) is 0 Å². The number of benzene rings is 2. The quantitative estimate of drug-likeness (QED) is 0.663. The standard InChI is InChI=1S/C19H20N4OS/c1-2-23-16(13-14-9-5-3-6-10-14)21-22-19(23)25-17(18(20)24)15-11-7-4-8-12-15/h3-12,17H,2,13H2,1H3,(H2,20,24). The molecule has 0 spiro atoms. The normalized spacial score (nSPS) is 12.0. The summed E-state index contributed by atoms with van der Waals surface area (Å²) in [6, 6.07) is 19.7. The van der Waals surface area contributed by atoms with Gasteiger partial charge in [-0.2, -0.15) is 0 Å². The van der Waals surface area contributed by atoms with Gasteiger partial charge in [-0.05, 0) is 18.1 Å². The molecule has 1 atom stereocenters. The Balaban J connectivity index is 1.86. The minimum Gasteiger partial charge on any atom is -0.368 e. The molecule has 0 saturated heterocycles. The molecule has 0 aliphatic carbocycles. The first kappa shape index (κ1) is 17.2. The van der Waals surface area contributed by atoms with E-state index in [4.69, 9.17) is 5.73 Å². The second-order valence-corrected chi connectivity index (χ2v) is 6.69. The Morgan fingerprint density at radius 2 is 1.72 bits per heavy atom. The van der Waals surface area contributed by atoms with Crippen molar-refractivity contribution in [3.63, 3.8) is 0 Å². The fourth-order valence-electron chi connectivity index (χ4n) is 2.66. The van der Waals surface area contributed by atoms with Gasteiger partial charge >= 0.3 is 0 Å². The monoisotopic (exact) mass is 352 g/mol. The molecule has 3 aromatic rings. The average Bonchev–Trinajstić information content (AvgIpc) is 3.02. The molecule has 2 N–H and O–H groups in total. The first-order valence-corrected chi connectivity index (χ1v) is 9.04. The molecule has 0 bridgehead atoms. The number of nitrogens with two attached hydrogens (primary N) is 1. The van der Waals surface area contributed by atoms with Crippen molar-refractivity contribution in [3.05, 3.63) is 77.6 Å². The summed E-state index contributed by atoms with van der Waals surface area (Å²) in [4.78, 5) is 11.9. The first-order chi connectivity index (χ1) is 12.2. The van der Waals surface area contributed by atoms with E-state index in [1.807, 2.05) is 60.0 Å². The van der Waals surface area contributed by atoms with Crippen LogP contribution in [0.15, 0.2) is 65.8 Å². The Kier molecular flexibility index (Phi) is 5.50. The molecular weight excluding hydrogens is 332 g/mol. The Morgan fingerprint density at radius 1 is 1.08 bits per heavy atom. The highest BCUT2D eigenvalue weighted by Gasteiger charge is 2.23. The van der Waals surface area contributed by atoms with Crippen molar-refractivity contribution < 1.29 is 4.79 Å². The van der Waals surface area contributed by atoms with Crippen LogP contribution in [0.1, 0.15) is 29.1 Å². The van der Waals surface area contributed by atoms with Crippen molar-refractivity contribution in [2.45, 2.75) is 30.3 Å². The SMILES string of the molecule is CCn1c(Cc2ccccc2)nnc1SC(C(N)=O)c1ccccc1. The van der Waals surface area contributed by atoms with Gasteiger partial charge in [-0.15, -0.1) is 10.2 Å². The molecule has 1 amide bonds. The Bertz CT molecular complexity index is 833. The van der Waals surface area contributed by atoms with Crippen LogP contribution >= 0.6 is 11.8 Å². The Labute approximate surface area is 151 Å². The van der Waals surface area contributed by atoms with Crippen LogP contribution in [0, 0.1) is 0 Å². The summed E-state index contributed by atoms with van der Waals surface area (Å²) in [5, 5.41) is 8.85. The van der Waals surface area contributed by atoms with Gasteiger partial charge in [0.05, 0.1) is 0 Å². The maximum Gasteiger partial charge on any atom is 0.235 e. The van der Waals surface area contributed by atoms with E-state index < -0.39 is 5.25 Å². The average molecular weight is 352 g/mol. The number of rotatable bonds is 7. The number of aromatic nitrogens is 3. The van der Waals surface area contributed by atoms with E-state index in [1.165, 1.54) is 17.3 Å². The van der Waals surface area contributed by atoms with Gasteiger partial charge in [0.15, 0.2) is 5.16 Å². The zero-order valence-corrected chi connectivity index (χ0v) is 14.8. The molecule has 25 heavy (non-hydrogen) atoms. The van der Waals surface area contributed by atoms with Crippen LogP contribution in [-0.4, -0.2) is 20.7 Å². The largest absolute Gasteiger partial charge is 0.368 e. The molecular formula is C19H20N4OS. The first-order valence-electron chi connectivity index (χ1n) is 8.16. The number of thioether (sulfide) groups is 1. The molecule has 0 saturated carbocycles. The summed E-state index contributed by atoms with van der Waals surface area (Å²) in [6.07, 6.45) is 0.703. The lowest BCUT2D eigenvalue weighted by Gasteiger charge is -2.14. The van der Waals surface area contributed by atoms with E-state index in [0.717, 1.165) is 17.9 Å². The highest BCUT2D eigenvalue weighted by atomic mass is 32.2. The highest BCUT2D eigenvalue weighted by Crippen LogP contribution is 2.34. The third-order valence-electron chi connectivity index (χ3n) is 3.90. The van der Waals surface area contributed by atoms with Crippen molar-refractivity contribution in [1.29, 1.82) is 0 Å². The van der Waals surface area contributed by atoms with E-state index in [9.17, 15) is 4.79 Å². The third-order valence-corrected chi connectivity index (χ3v) is 5.15. The molecule has 2 aromatic carbocycles. The van der Waals surface area contributed by atoms with Crippen molar-refractivity contribution in [2.24, 2.45) is 5.73 Å². The van der Waals surface area contributed by atoms with Gasteiger partial charge in [-0.25, -0.2) is 0 Å². The lowest BCUT2D eigenvalue weighted by atomic mass is 10.1. The zero-order chi connectivity index (χ0) is 17.6. The van der Waals surface area contributed by atoms with Crippen LogP contribution in [-0.2, 0) is 17.8 Å². The minimum atomic E-state index is -0.486. The molecule has 1 unspecified atom stereocenters. The number of primary amides is 1. The lowest BCUT2D eigenvalue weighted by molar-refractivity contribution is -0.117. The molecule has 6 heteroatoms. The van der Waals surface area contributed by atoms with Crippen molar-refractivity contribution in [2.75, 3.05) is 0 Å². The van der Waals surface area contributed by atoms with E-state index in [1.54, 1.807) is 0 Å². The summed E-state index contributed by atoms with van der Waals surface area (Å²) in [5.41, 5.74) is 7.67. The number of carbonyl (C=O) groups is 1. The highest BCUT2D eigenvalue weighted by molar-refractivity contribution is 8.00. The minimum absolute atomic E-state index is 0.383. The summed E-state index contributed by atoms with van der Waals surface area (Å²) >= 11 is 1.35. The van der Waals surface area contributed by atoms with Crippen LogP contribution < -0.4 is 5.73 Å². The number of amides is 1. The second-order valence-electron chi connectivity index (χ2n) is 5.62. The van der Waals surface area contributed by atoms with Crippen molar-refractivity contribution >= 4 is 17.7 Å². The van der Waals surface area contributed by atoms with E-state index in [-0.39, 0.29) is 5.91 Å². The van der Waals surface area contributed by atoms with Crippen LogP contribution in [0.5, 0.6) is 0 Å². The van der Waals surface area contributed by atoms with Gasteiger partial charge in [0.1, 0.15) is 11.1 Å². The van der Waals surface area contributed by atoms with Gasteiger partial charge in [0.2, 0.25) is 5.91 Å². The lowest BCUT2D eigenvalue weighted by Crippen LogP contribution is -2.19. The predicted octanol–water partition coefficient (Wildman–Crippen LogP) is 3.21. The summed E-state index contributed by atoms with van der Waals surface area (Å²) in [5.74, 6) is 0.499. The van der Waals surface area contributed by atoms with Crippen LogP contribution in [0.2, 0.25) is 0 Å². The van der Waals surface area contributed by atoms with Gasteiger partial charge in [-0.3, -0.25) is 4.79 Å². The molecule has 3 rings (SSSR count). The van der Waals surface area contributed by atoms with Gasteiger partial charge in [0, 0.05) is 13.0 Å². The Morgan fingerprint density at radius 3 is 2.32 bits per heavy atom. The fraction of sp³-hybridized carbons (Fsp3) is 0.211. The van der Waals surface area contributed by atoms with Crippen LogP contribution in [0.3, 0.4) is 0 Å². The molecule has 0 aliphatic heterocycles.